The van der Waals surface area contributed by atoms with E-state index >= 15 is 0 Å². The Morgan fingerprint density at radius 3 is 2.26 bits per heavy atom. The molecule has 2 amide bonds. The molecule has 0 saturated carbocycles. The smallest absolute Gasteiger partial charge is 0.296 e. The van der Waals surface area contributed by atoms with Crippen LogP contribution in [-0.2, 0) is 29.9 Å². The van der Waals surface area contributed by atoms with Crippen LogP contribution in [-0.4, -0.2) is 92.5 Å². The van der Waals surface area contributed by atoms with E-state index in [1.807, 2.05) is 19.0 Å². The molecular formula is C27H30N4O6S. The van der Waals surface area contributed by atoms with Crippen molar-refractivity contribution in [1.29, 1.82) is 0 Å². The number of aliphatic hydroxyl groups excluding tert-OH is 1. The zero-order valence-corrected chi connectivity index (χ0v) is 22.4. The first-order valence-electron chi connectivity index (χ1n) is 12.5. The van der Waals surface area contributed by atoms with Crippen molar-refractivity contribution in [2.75, 3.05) is 52.2 Å². The maximum atomic E-state index is 13.9. The molecule has 38 heavy (non-hydrogen) atoms. The summed E-state index contributed by atoms with van der Waals surface area (Å²) in [6.45, 7) is 1.37. The highest BCUT2D eigenvalue weighted by molar-refractivity contribution is 7.89. The molecule has 0 radical (unpaired) electrons. The van der Waals surface area contributed by atoms with E-state index in [1.165, 1.54) is 38.4 Å². The zero-order chi connectivity index (χ0) is 27.4. The van der Waals surface area contributed by atoms with E-state index in [4.69, 9.17) is 0 Å². The van der Waals surface area contributed by atoms with Crippen LogP contribution in [0, 0.1) is 0 Å². The minimum absolute atomic E-state index is 0.0686. The number of carbonyl (C=O) groups excluding carboxylic acids is 3. The number of ketones is 1. The lowest BCUT2D eigenvalue weighted by Crippen LogP contribution is -2.52. The zero-order valence-electron chi connectivity index (χ0n) is 21.5. The molecule has 2 aromatic rings. The Bertz CT molecular complexity index is 1460. The van der Waals surface area contributed by atoms with Crippen molar-refractivity contribution in [2.45, 2.75) is 23.3 Å². The van der Waals surface area contributed by atoms with Crippen molar-refractivity contribution in [1.82, 2.24) is 14.1 Å². The fraction of sp³-hybridized carbons (Fsp3) is 0.370. The van der Waals surface area contributed by atoms with Gasteiger partial charge in [-0.2, -0.15) is 4.31 Å². The van der Waals surface area contributed by atoms with Crippen LogP contribution >= 0.6 is 0 Å². The Balaban J connectivity index is 1.67. The summed E-state index contributed by atoms with van der Waals surface area (Å²) in [7, 11) is 1.52. The molecule has 11 heteroatoms. The molecule has 3 heterocycles. The molecule has 0 bridgehead atoms. The predicted octanol–water partition coefficient (Wildman–Crippen LogP) is 1.59. The van der Waals surface area contributed by atoms with Gasteiger partial charge in [0.15, 0.2) is 5.54 Å². The number of benzene rings is 2. The fourth-order valence-electron chi connectivity index (χ4n) is 5.58. The monoisotopic (exact) mass is 538 g/mol. The quantitative estimate of drug-likeness (QED) is 0.337. The molecule has 10 nitrogen and oxygen atoms in total. The van der Waals surface area contributed by atoms with Crippen molar-refractivity contribution in [3.63, 3.8) is 0 Å². The maximum absolute atomic E-state index is 13.9. The average molecular weight is 539 g/mol. The number of rotatable bonds is 6. The number of likely N-dealkylation sites (tertiary alicyclic amines) is 1. The second-order valence-electron chi connectivity index (χ2n) is 10.0. The number of anilines is 1. The summed E-state index contributed by atoms with van der Waals surface area (Å²) in [4.78, 5) is 45.4. The minimum atomic E-state index is -3.68. The molecule has 2 saturated heterocycles. The largest absolute Gasteiger partial charge is 0.507 e. The second kappa shape index (κ2) is 9.33. The normalized spacial score (nSPS) is 23.3. The minimum Gasteiger partial charge on any atom is -0.507 e. The third-order valence-corrected chi connectivity index (χ3v) is 9.45. The Kier molecular flexibility index (Phi) is 6.41. The number of sulfonamides is 1. The van der Waals surface area contributed by atoms with Gasteiger partial charge in [-0.1, -0.05) is 18.2 Å². The van der Waals surface area contributed by atoms with Gasteiger partial charge in [-0.3, -0.25) is 14.4 Å². The van der Waals surface area contributed by atoms with Crippen LogP contribution in [0.2, 0.25) is 0 Å². The summed E-state index contributed by atoms with van der Waals surface area (Å²) in [6, 6.07) is 12.4. The van der Waals surface area contributed by atoms with Gasteiger partial charge in [-0.25, -0.2) is 8.42 Å². The van der Waals surface area contributed by atoms with E-state index in [2.05, 4.69) is 0 Å². The van der Waals surface area contributed by atoms with E-state index in [-0.39, 0.29) is 22.6 Å². The molecule has 1 unspecified atom stereocenters. The Hall–Kier alpha value is -3.54. The Labute approximate surface area is 221 Å². The number of fused-ring (bicyclic) bond motifs is 2. The SMILES string of the molecule is CN(C)CCN1C(=O)C(=O)/C(=C(\O)c2ccc(S(=O)(=O)N3CCCC3)cc2)C12C(=O)N(C)c1ccccc12. The third kappa shape index (κ3) is 3.68. The summed E-state index contributed by atoms with van der Waals surface area (Å²) in [5.74, 6) is -2.89. The van der Waals surface area contributed by atoms with Crippen molar-refractivity contribution >= 4 is 39.1 Å². The highest BCUT2D eigenvalue weighted by atomic mass is 32.2. The van der Waals surface area contributed by atoms with E-state index in [0.29, 0.717) is 30.9 Å². The molecule has 5 rings (SSSR count). The van der Waals surface area contributed by atoms with Crippen LogP contribution in [0.15, 0.2) is 59.0 Å². The first kappa shape index (κ1) is 26.1. The summed E-state index contributed by atoms with van der Waals surface area (Å²) in [5, 5.41) is 11.5. The molecule has 1 N–H and O–H groups in total. The number of carbonyl (C=O) groups is 3. The van der Waals surface area contributed by atoms with Gasteiger partial charge in [0.1, 0.15) is 5.76 Å². The van der Waals surface area contributed by atoms with Crippen LogP contribution in [0.4, 0.5) is 5.69 Å². The molecule has 2 fully saturated rings. The second-order valence-corrected chi connectivity index (χ2v) is 12.0. The molecule has 3 aliphatic heterocycles. The molecule has 1 spiro atoms. The highest BCUT2D eigenvalue weighted by Crippen LogP contribution is 2.53. The first-order valence-corrected chi connectivity index (χ1v) is 13.9. The first-order chi connectivity index (χ1) is 18.0. The molecule has 200 valence electrons. The van der Waals surface area contributed by atoms with Crippen LogP contribution in [0.1, 0.15) is 24.0 Å². The van der Waals surface area contributed by atoms with Crippen molar-refractivity contribution in [2.24, 2.45) is 0 Å². The number of nitrogens with zero attached hydrogens (tertiary/aromatic N) is 4. The number of hydrogen-bond donors (Lipinski definition) is 1. The average Bonchev–Trinajstić information content (AvgIpc) is 3.58. The van der Waals surface area contributed by atoms with Crippen molar-refractivity contribution in [3.05, 3.63) is 65.2 Å². The van der Waals surface area contributed by atoms with E-state index in [0.717, 1.165) is 12.8 Å². The predicted molar refractivity (Wildman–Crippen MR) is 141 cm³/mol. The molecule has 1 atom stereocenters. The maximum Gasteiger partial charge on any atom is 0.296 e. The summed E-state index contributed by atoms with van der Waals surface area (Å²) in [5.41, 5.74) is -1.05. The third-order valence-electron chi connectivity index (χ3n) is 7.54. The molecule has 0 aromatic heterocycles. The number of amides is 2. The molecular weight excluding hydrogens is 508 g/mol. The standard InChI is InChI=1S/C27H30N4O6S/c1-28(2)16-17-31-25(34)24(33)22(27(31)20-8-4-5-9-21(20)29(3)26(27)35)23(32)18-10-12-19(13-11-18)38(36,37)30-14-6-7-15-30/h4-5,8-13,32H,6-7,14-17H2,1-3H3/b23-22+. The van der Waals surface area contributed by atoms with Crippen molar-refractivity contribution < 1.29 is 27.9 Å². The van der Waals surface area contributed by atoms with E-state index in [9.17, 15) is 27.9 Å². The summed E-state index contributed by atoms with van der Waals surface area (Å²) in [6.07, 6.45) is 1.60. The van der Waals surface area contributed by atoms with Gasteiger partial charge in [0.25, 0.3) is 17.6 Å². The summed E-state index contributed by atoms with van der Waals surface area (Å²) >= 11 is 0. The van der Waals surface area contributed by atoms with Crippen LogP contribution in [0.5, 0.6) is 0 Å². The lowest BCUT2D eigenvalue weighted by atomic mass is 9.82. The summed E-state index contributed by atoms with van der Waals surface area (Å²) < 4.78 is 27.3. The molecule has 2 aromatic carbocycles. The van der Waals surface area contributed by atoms with Gasteiger partial charge in [-0.15, -0.1) is 0 Å². The Morgan fingerprint density at radius 2 is 1.63 bits per heavy atom. The van der Waals surface area contributed by atoms with Gasteiger partial charge in [0.2, 0.25) is 10.0 Å². The number of aliphatic hydroxyl groups is 1. The van der Waals surface area contributed by atoms with Crippen molar-refractivity contribution in [3.8, 4) is 0 Å². The number of Topliss-reactive ketones (excluding diaryl/α,β-unsaturated/α-hetero) is 1. The van der Waals surface area contributed by atoms with E-state index < -0.39 is 38.9 Å². The van der Waals surface area contributed by atoms with Crippen LogP contribution in [0.3, 0.4) is 0 Å². The van der Waals surface area contributed by atoms with E-state index in [1.54, 1.807) is 31.3 Å². The Morgan fingerprint density at radius 1 is 1.00 bits per heavy atom. The lowest BCUT2D eigenvalue weighted by Gasteiger charge is -2.34. The highest BCUT2D eigenvalue weighted by Gasteiger charge is 2.66. The number of para-hydroxylation sites is 1. The lowest BCUT2D eigenvalue weighted by molar-refractivity contribution is -0.143. The number of likely N-dealkylation sites (N-methyl/N-ethyl adjacent to an activating group) is 2. The molecule has 0 aliphatic carbocycles. The van der Waals surface area contributed by atoms with Gasteiger partial charge in [0, 0.05) is 50.0 Å². The van der Waals surface area contributed by atoms with Gasteiger partial charge in [0.05, 0.1) is 10.5 Å². The van der Waals surface area contributed by atoms with Crippen LogP contribution in [0.25, 0.3) is 5.76 Å². The van der Waals surface area contributed by atoms with Crippen LogP contribution < -0.4 is 4.90 Å². The van der Waals surface area contributed by atoms with Gasteiger partial charge in [-0.05, 0) is 57.3 Å². The fourth-order valence-corrected chi connectivity index (χ4v) is 7.09. The topological polar surface area (TPSA) is 119 Å². The number of hydrogen-bond acceptors (Lipinski definition) is 7. The molecule has 3 aliphatic rings. The van der Waals surface area contributed by atoms with Gasteiger partial charge >= 0.3 is 0 Å². The van der Waals surface area contributed by atoms with Gasteiger partial charge < -0.3 is 19.8 Å².